The van der Waals surface area contributed by atoms with E-state index in [9.17, 15) is 24.0 Å². The molecule has 1 saturated heterocycles. The van der Waals surface area contributed by atoms with Gasteiger partial charge in [0.25, 0.3) is 0 Å². The molecule has 0 spiro atoms. The molecule has 13 nitrogen and oxygen atoms in total. The molecule has 1 saturated carbocycles. The normalized spacial score (nSPS) is 18.0. The van der Waals surface area contributed by atoms with Crippen molar-refractivity contribution >= 4 is 41.7 Å². The molecule has 0 aromatic heterocycles. The Morgan fingerprint density at radius 1 is 0.956 bits per heavy atom. The second-order valence-electron chi connectivity index (χ2n) is 10.7. The van der Waals surface area contributed by atoms with Crippen LogP contribution < -0.4 is 16.0 Å². The number of amides is 5. The van der Waals surface area contributed by atoms with E-state index in [0.29, 0.717) is 24.8 Å². The second-order valence-corrected chi connectivity index (χ2v) is 10.7. The summed E-state index contributed by atoms with van der Waals surface area (Å²) >= 11 is 0. The number of benzene rings is 2. The van der Waals surface area contributed by atoms with Crippen LogP contribution in [0.15, 0.2) is 59.6 Å². The number of urea groups is 1. The maximum atomic E-state index is 12.7. The Morgan fingerprint density at radius 3 is 2.20 bits per heavy atom. The van der Waals surface area contributed by atoms with E-state index in [0.717, 1.165) is 48.1 Å². The maximum Gasteiger partial charge on any atom is 0.413 e. The van der Waals surface area contributed by atoms with Crippen LogP contribution >= 0.6 is 0 Å². The highest BCUT2D eigenvalue weighted by atomic mass is 16.5. The molecular weight excluding hydrogens is 582 g/mol. The van der Waals surface area contributed by atoms with Crippen LogP contribution in [0, 0.1) is 11.8 Å². The molecule has 0 bridgehead atoms. The number of carbonyl (C=O) groups is 5. The first-order valence-corrected chi connectivity index (χ1v) is 15.0. The standard InChI is InChI=1S/C25H28N2O4.C7H13N3O4/c1-17-22(24(29)31-16-18-8-4-2-5-9-18)27(23(17)28)25(30)26-21-14-12-20(13-15-21)19-10-6-3-7-11-19;1-3-4-8-5(9-6(11)12)10-7(13)14-2/h3,6-7,10-15,17-18,22H,2,4-5,8-9,16H2,1H3,(H,26,30);3-4H2,1-2H3,(H,11,12)(H2,8,9,10,13)/t17-,22+;/m1./s1. The number of rotatable bonds is 7. The minimum atomic E-state index is -1.30. The molecule has 242 valence electrons. The minimum Gasteiger partial charge on any atom is -0.465 e. The van der Waals surface area contributed by atoms with E-state index in [1.54, 1.807) is 19.1 Å². The molecule has 1 heterocycles. The molecule has 2 aliphatic rings. The van der Waals surface area contributed by atoms with Gasteiger partial charge in [0.15, 0.2) is 6.04 Å². The summed E-state index contributed by atoms with van der Waals surface area (Å²) in [6, 6.07) is 15.8. The van der Waals surface area contributed by atoms with Crippen LogP contribution in [0.25, 0.3) is 11.1 Å². The number of imide groups is 1. The number of hydrogen-bond acceptors (Lipinski definition) is 8. The van der Waals surface area contributed by atoms with Gasteiger partial charge in [0.2, 0.25) is 11.9 Å². The van der Waals surface area contributed by atoms with Gasteiger partial charge in [-0.25, -0.2) is 24.1 Å². The number of β-lactam (4-membered cyclic amide) rings is 1. The van der Waals surface area contributed by atoms with Crippen LogP contribution in [0.4, 0.5) is 20.1 Å². The Morgan fingerprint density at radius 2 is 1.60 bits per heavy atom. The maximum absolute atomic E-state index is 12.7. The fourth-order valence-corrected chi connectivity index (χ4v) is 4.95. The van der Waals surface area contributed by atoms with E-state index in [1.807, 2.05) is 54.7 Å². The lowest BCUT2D eigenvalue weighted by Crippen LogP contribution is -2.66. The Hall–Kier alpha value is -4.94. The average Bonchev–Trinajstić information content (AvgIpc) is 3.05. The first-order valence-electron chi connectivity index (χ1n) is 15.0. The first kappa shape index (κ1) is 34.5. The second kappa shape index (κ2) is 17.4. The van der Waals surface area contributed by atoms with Gasteiger partial charge in [0, 0.05) is 12.2 Å². The number of nitrogens with zero attached hydrogens (tertiary/aromatic N) is 2. The van der Waals surface area contributed by atoms with E-state index >= 15 is 0 Å². The number of carbonyl (C=O) groups excluding carboxylic acids is 4. The lowest BCUT2D eigenvalue weighted by atomic mass is 9.88. The van der Waals surface area contributed by atoms with Crippen LogP contribution in [0.2, 0.25) is 0 Å². The number of alkyl carbamates (subject to hydrolysis) is 1. The van der Waals surface area contributed by atoms with Crippen molar-refractivity contribution in [2.24, 2.45) is 16.8 Å². The largest absolute Gasteiger partial charge is 0.465 e. The van der Waals surface area contributed by atoms with Crippen molar-refractivity contribution < 1.29 is 38.6 Å². The molecule has 4 rings (SSSR count). The van der Waals surface area contributed by atoms with Gasteiger partial charge in [0.05, 0.1) is 19.6 Å². The number of hydrogen-bond donors (Lipinski definition) is 4. The monoisotopic (exact) mass is 623 g/mol. The summed E-state index contributed by atoms with van der Waals surface area (Å²) in [5.74, 6) is -1.16. The van der Waals surface area contributed by atoms with Crippen molar-refractivity contribution in [2.45, 2.75) is 58.4 Å². The molecule has 4 N–H and O–H groups in total. The fourth-order valence-electron chi connectivity index (χ4n) is 4.95. The number of anilines is 1. The van der Waals surface area contributed by atoms with E-state index in [4.69, 9.17) is 9.84 Å². The molecule has 5 amide bonds. The highest BCUT2D eigenvalue weighted by Gasteiger charge is 2.53. The number of guanidine groups is 1. The van der Waals surface area contributed by atoms with Crippen molar-refractivity contribution in [1.29, 1.82) is 0 Å². The third-order valence-corrected chi connectivity index (χ3v) is 7.39. The number of ether oxygens (including phenoxy) is 2. The Labute approximate surface area is 262 Å². The summed E-state index contributed by atoms with van der Waals surface area (Å²) in [5.41, 5.74) is 2.66. The van der Waals surface area contributed by atoms with Crippen molar-refractivity contribution in [3.8, 4) is 11.1 Å². The third kappa shape index (κ3) is 10.3. The molecule has 2 aromatic rings. The number of likely N-dealkylation sites (tertiary alicyclic amines) is 1. The summed E-state index contributed by atoms with van der Waals surface area (Å²) in [4.78, 5) is 63.4. The number of nitrogens with one attached hydrogen (secondary N) is 3. The first-order chi connectivity index (χ1) is 21.6. The van der Waals surface area contributed by atoms with Crippen molar-refractivity contribution in [3.63, 3.8) is 0 Å². The van der Waals surface area contributed by atoms with Gasteiger partial charge in [-0.15, -0.1) is 0 Å². The molecule has 45 heavy (non-hydrogen) atoms. The van der Waals surface area contributed by atoms with Gasteiger partial charge in [-0.3, -0.25) is 20.4 Å². The number of esters is 1. The average molecular weight is 624 g/mol. The zero-order valence-electron chi connectivity index (χ0n) is 25.8. The lowest BCUT2D eigenvalue weighted by molar-refractivity contribution is -0.169. The quantitative estimate of drug-likeness (QED) is 0.140. The number of carboxylic acid groups (broad SMARTS) is 1. The highest BCUT2D eigenvalue weighted by molar-refractivity contribution is 6.11. The van der Waals surface area contributed by atoms with Crippen LogP contribution in [0.1, 0.15) is 52.4 Å². The van der Waals surface area contributed by atoms with Gasteiger partial charge in [-0.2, -0.15) is 0 Å². The van der Waals surface area contributed by atoms with E-state index in [2.05, 4.69) is 20.4 Å². The van der Waals surface area contributed by atoms with Gasteiger partial charge in [-0.05, 0) is 48.4 Å². The van der Waals surface area contributed by atoms with E-state index in [1.165, 1.54) is 13.5 Å². The van der Waals surface area contributed by atoms with Crippen LogP contribution in [0.5, 0.6) is 0 Å². The van der Waals surface area contributed by atoms with Gasteiger partial charge in [-0.1, -0.05) is 75.6 Å². The molecule has 13 heteroatoms. The van der Waals surface area contributed by atoms with Crippen LogP contribution in [-0.4, -0.2) is 72.4 Å². The molecule has 1 aliphatic heterocycles. The van der Waals surface area contributed by atoms with Crippen molar-refractivity contribution in [1.82, 2.24) is 15.5 Å². The fraction of sp³-hybridized carbons (Fsp3) is 0.438. The molecule has 2 fully saturated rings. The smallest absolute Gasteiger partial charge is 0.413 e. The predicted octanol–water partition coefficient (Wildman–Crippen LogP) is 5.23. The summed E-state index contributed by atoms with van der Waals surface area (Å²) in [6.45, 7) is 4.32. The topological polar surface area (TPSA) is 176 Å². The van der Waals surface area contributed by atoms with Gasteiger partial charge >= 0.3 is 24.2 Å². The Balaban J connectivity index is 0.000000335. The van der Waals surface area contributed by atoms with E-state index < -0.39 is 36.1 Å². The van der Waals surface area contributed by atoms with Crippen LogP contribution in [-0.2, 0) is 19.1 Å². The van der Waals surface area contributed by atoms with E-state index in [-0.39, 0.29) is 11.9 Å². The summed E-state index contributed by atoms with van der Waals surface area (Å²) < 4.78 is 9.77. The highest BCUT2D eigenvalue weighted by Crippen LogP contribution is 2.30. The Kier molecular flexibility index (Phi) is 13.3. The predicted molar refractivity (Wildman–Crippen MR) is 168 cm³/mol. The molecule has 0 radical (unpaired) electrons. The lowest BCUT2D eigenvalue weighted by Gasteiger charge is -2.42. The van der Waals surface area contributed by atoms with Crippen LogP contribution in [0.3, 0.4) is 0 Å². The zero-order chi connectivity index (χ0) is 32.8. The minimum absolute atomic E-state index is 0.133. The SMILES string of the molecule is CCCN=C(NC(=O)O)NC(=O)OC.C[C@H]1C(=O)N(C(=O)Nc2ccc(-c3ccccc3)cc2)[C@@H]1C(=O)OCC1CCCCC1. The third-order valence-electron chi connectivity index (χ3n) is 7.39. The molecular formula is C32H41N5O8. The van der Waals surface area contributed by atoms with Gasteiger partial charge in [0.1, 0.15) is 0 Å². The summed E-state index contributed by atoms with van der Waals surface area (Å²) in [5, 5.41) is 15.2. The molecule has 2 atom stereocenters. The number of methoxy groups -OCH3 is 1. The number of aliphatic imine (C=N–C) groups is 1. The zero-order valence-corrected chi connectivity index (χ0v) is 25.8. The molecule has 0 unspecified atom stereocenters. The van der Waals surface area contributed by atoms with Crippen molar-refractivity contribution in [3.05, 3.63) is 54.6 Å². The molecule has 2 aromatic carbocycles. The molecule has 1 aliphatic carbocycles. The Bertz CT molecular complexity index is 1340. The van der Waals surface area contributed by atoms with Crippen molar-refractivity contribution in [2.75, 3.05) is 25.6 Å². The summed E-state index contributed by atoms with van der Waals surface area (Å²) in [6.07, 6.45) is 4.37. The summed E-state index contributed by atoms with van der Waals surface area (Å²) in [7, 11) is 1.17. The van der Waals surface area contributed by atoms with Gasteiger partial charge < -0.3 is 19.9 Å².